The van der Waals surface area contributed by atoms with E-state index in [0.717, 1.165) is 40.4 Å². The summed E-state index contributed by atoms with van der Waals surface area (Å²) in [7, 11) is 1.83. The number of pyridine rings is 2. The third-order valence-corrected chi connectivity index (χ3v) is 7.55. The van der Waals surface area contributed by atoms with Gasteiger partial charge in [-0.15, -0.1) is 6.42 Å². The normalized spacial score (nSPS) is 14.8. The molecule has 1 atom stereocenters. The van der Waals surface area contributed by atoms with Crippen LogP contribution < -0.4 is 5.56 Å². The highest BCUT2D eigenvalue weighted by Gasteiger charge is 2.38. The molecule has 1 saturated carbocycles. The lowest BCUT2D eigenvalue weighted by Gasteiger charge is -2.29. The number of halogens is 1. The standard InChI is InChI=1S/C31H25ClN4O2/c1-3-20-5-4-6-22(13-20)25-15-30(37)36(18-21-7-8-21)27-16-34-28(14-26(25)27)31(38,29-17-33-19-35(29)2)23-9-11-24(32)12-10-23/h1,4-6,9-17,19,21,38H,7-8,18H2,2H3/t31-/m1/s1. The minimum Gasteiger partial charge on any atom is -0.373 e. The van der Waals surface area contributed by atoms with Crippen molar-refractivity contribution in [1.82, 2.24) is 19.1 Å². The van der Waals surface area contributed by atoms with E-state index in [4.69, 9.17) is 23.0 Å². The Bertz CT molecular complexity index is 1780. The van der Waals surface area contributed by atoms with Gasteiger partial charge in [0, 0.05) is 35.6 Å². The highest BCUT2D eigenvalue weighted by molar-refractivity contribution is 6.30. The van der Waals surface area contributed by atoms with E-state index in [9.17, 15) is 9.90 Å². The molecule has 5 aromatic rings. The van der Waals surface area contributed by atoms with Gasteiger partial charge in [-0.05, 0) is 65.8 Å². The van der Waals surface area contributed by atoms with Crippen molar-refractivity contribution in [2.75, 3.05) is 0 Å². The van der Waals surface area contributed by atoms with Crippen LogP contribution >= 0.6 is 11.6 Å². The van der Waals surface area contributed by atoms with Crippen LogP contribution in [0.3, 0.4) is 0 Å². The maximum atomic E-state index is 13.3. The van der Waals surface area contributed by atoms with Crippen molar-refractivity contribution < 1.29 is 5.11 Å². The molecule has 1 aliphatic rings. The lowest BCUT2D eigenvalue weighted by Crippen LogP contribution is -2.32. The highest BCUT2D eigenvalue weighted by Crippen LogP contribution is 2.39. The van der Waals surface area contributed by atoms with E-state index in [1.165, 1.54) is 0 Å². The number of aromatic nitrogens is 4. The third-order valence-electron chi connectivity index (χ3n) is 7.30. The predicted octanol–water partition coefficient (Wildman–Crippen LogP) is 5.13. The highest BCUT2D eigenvalue weighted by atomic mass is 35.5. The molecule has 0 unspecified atom stereocenters. The number of benzene rings is 2. The molecule has 38 heavy (non-hydrogen) atoms. The molecule has 1 aliphatic carbocycles. The zero-order chi connectivity index (χ0) is 26.4. The van der Waals surface area contributed by atoms with Crippen LogP contribution in [-0.4, -0.2) is 24.2 Å². The topological polar surface area (TPSA) is 72.9 Å². The van der Waals surface area contributed by atoms with Crippen molar-refractivity contribution in [3.05, 3.63) is 117 Å². The van der Waals surface area contributed by atoms with E-state index >= 15 is 0 Å². The molecule has 0 bridgehead atoms. The Morgan fingerprint density at radius 2 is 1.92 bits per heavy atom. The average Bonchev–Trinajstić information content (AvgIpc) is 3.66. The number of aryl methyl sites for hydroxylation is 1. The lowest BCUT2D eigenvalue weighted by atomic mass is 9.86. The Morgan fingerprint density at radius 3 is 2.61 bits per heavy atom. The maximum Gasteiger partial charge on any atom is 0.251 e. The molecule has 0 amide bonds. The predicted molar refractivity (Wildman–Crippen MR) is 149 cm³/mol. The average molecular weight is 521 g/mol. The summed E-state index contributed by atoms with van der Waals surface area (Å²) in [5.41, 5.74) is 2.85. The zero-order valence-corrected chi connectivity index (χ0v) is 21.6. The van der Waals surface area contributed by atoms with Gasteiger partial charge >= 0.3 is 0 Å². The fourth-order valence-electron chi connectivity index (χ4n) is 5.06. The number of terminal acetylenes is 1. The first-order valence-corrected chi connectivity index (χ1v) is 12.8. The van der Waals surface area contributed by atoms with Crippen LogP contribution in [0.1, 0.15) is 35.4 Å². The van der Waals surface area contributed by atoms with Crippen molar-refractivity contribution in [3.63, 3.8) is 0 Å². The molecule has 0 aliphatic heterocycles. The Labute approximate surface area is 225 Å². The molecular weight excluding hydrogens is 496 g/mol. The molecule has 1 fully saturated rings. The van der Waals surface area contributed by atoms with Gasteiger partial charge in [-0.2, -0.15) is 0 Å². The van der Waals surface area contributed by atoms with Gasteiger partial charge in [0.25, 0.3) is 5.56 Å². The fourth-order valence-corrected chi connectivity index (χ4v) is 5.19. The van der Waals surface area contributed by atoms with E-state index in [2.05, 4.69) is 10.9 Å². The first-order valence-electron chi connectivity index (χ1n) is 12.4. The van der Waals surface area contributed by atoms with Crippen LogP contribution in [-0.2, 0) is 19.2 Å². The number of hydrogen-bond acceptors (Lipinski definition) is 4. The van der Waals surface area contributed by atoms with Crippen molar-refractivity contribution >= 4 is 22.5 Å². The van der Waals surface area contributed by atoms with Gasteiger partial charge in [0.2, 0.25) is 0 Å². The molecule has 6 rings (SSSR count). The van der Waals surface area contributed by atoms with Gasteiger partial charge < -0.3 is 14.2 Å². The minimum absolute atomic E-state index is 0.0836. The van der Waals surface area contributed by atoms with Crippen LogP contribution in [0.15, 0.2) is 84.2 Å². The Hall–Kier alpha value is -4.18. The van der Waals surface area contributed by atoms with E-state index in [1.54, 1.807) is 58.2 Å². The van der Waals surface area contributed by atoms with Gasteiger partial charge in [0.15, 0.2) is 5.60 Å². The van der Waals surface area contributed by atoms with Crippen molar-refractivity contribution in [3.8, 4) is 23.5 Å². The molecule has 2 aromatic carbocycles. The first kappa shape index (κ1) is 24.2. The van der Waals surface area contributed by atoms with Gasteiger partial charge in [-0.3, -0.25) is 9.78 Å². The summed E-state index contributed by atoms with van der Waals surface area (Å²) < 4.78 is 3.57. The van der Waals surface area contributed by atoms with E-state index in [-0.39, 0.29) is 5.56 Å². The Kier molecular flexibility index (Phi) is 5.91. The van der Waals surface area contributed by atoms with Gasteiger partial charge in [-0.25, -0.2) is 4.98 Å². The number of rotatable bonds is 6. The second-order valence-electron chi connectivity index (χ2n) is 9.87. The summed E-state index contributed by atoms with van der Waals surface area (Å²) in [4.78, 5) is 22.3. The summed E-state index contributed by atoms with van der Waals surface area (Å²) in [6.45, 7) is 0.643. The smallest absolute Gasteiger partial charge is 0.251 e. The van der Waals surface area contributed by atoms with Gasteiger partial charge in [0.05, 0.1) is 35.6 Å². The SMILES string of the molecule is C#Cc1cccc(-c2cc(=O)n(CC3CC3)c3cnc([C@](O)(c4ccc(Cl)cc4)c4cncn4C)cc23)c1. The number of nitrogens with zero attached hydrogens (tertiary/aromatic N) is 4. The monoisotopic (exact) mass is 520 g/mol. The number of imidazole rings is 1. The van der Waals surface area contributed by atoms with Crippen molar-refractivity contribution in [2.24, 2.45) is 13.0 Å². The Morgan fingerprint density at radius 1 is 1.13 bits per heavy atom. The summed E-state index contributed by atoms with van der Waals surface area (Å²) in [6, 6.07) is 18.2. The lowest BCUT2D eigenvalue weighted by molar-refractivity contribution is 0.113. The van der Waals surface area contributed by atoms with Crippen molar-refractivity contribution in [2.45, 2.75) is 25.0 Å². The summed E-state index contributed by atoms with van der Waals surface area (Å²) in [6.07, 6.45) is 12.9. The van der Waals surface area contributed by atoms with E-state index < -0.39 is 5.60 Å². The molecule has 188 valence electrons. The van der Waals surface area contributed by atoms with E-state index in [0.29, 0.717) is 34.4 Å². The van der Waals surface area contributed by atoms with Crippen LogP contribution in [0.2, 0.25) is 5.02 Å². The minimum atomic E-state index is -1.63. The first-order chi connectivity index (χ1) is 18.4. The van der Waals surface area contributed by atoms with Gasteiger partial charge in [-0.1, -0.05) is 41.8 Å². The van der Waals surface area contributed by atoms with Crippen LogP contribution in [0.5, 0.6) is 0 Å². The number of aliphatic hydroxyl groups is 1. The summed E-state index contributed by atoms with van der Waals surface area (Å²) in [5, 5.41) is 13.8. The number of hydrogen-bond donors (Lipinski definition) is 1. The second-order valence-corrected chi connectivity index (χ2v) is 10.3. The Balaban J connectivity index is 1.65. The fraction of sp³-hybridized carbons (Fsp3) is 0.194. The summed E-state index contributed by atoms with van der Waals surface area (Å²) in [5.74, 6) is 3.17. The quantitative estimate of drug-likeness (QED) is 0.315. The molecule has 3 aromatic heterocycles. The molecule has 0 radical (unpaired) electrons. The third kappa shape index (κ3) is 4.10. The molecule has 0 saturated heterocycles. The number of fused-ring (bicyclic) bond motifs is 1. The molecular formula is C31H25ClN4O2. The zero-order valence-electron chi connectivity index (χ0n) is 20.8. The molecule has 1 N–H and O–H groups in total. The van der Waals surface area contributed by atoms with Crippen molar-refractivity contribution in [1.29, 1.82) is 0 Å². The molecule has 3 heterocycles. The molecule has 6 nitrogen and oxygen atoms in total. The largest absolute Gasteiger partial charge is 0.373 e. The van der Waals surface area contributed by atoms with E-state index in [1.807, 2.05) is 37.4 Å². The van der Waals surface area contributed by atoms with Crippen LogP contribution in [0, 0.1) is 18.3 Å². The van der Waals surface area contributed by atoms with Crippen LogP contribution in [0.25, 0.3) is 22.0 Å². The molecule has 7 heteroatoms. The van der Waals surface area contributed by atoms with Gasteiger partial charge in [0.1, 0.15) is 0 Å². The molecule has 0 spiro atoms. The maximum absolute atomic E-state index is 13.3. The summed E-state index contributed by atoms with van der Waals surface area (Å²) >= 11 is 6.17. The second kappa shape index (κ2) is 9.29. The van der Waals surface area contributed by atoms with Crippen LogP contribution in [0.4, 0.5) is 0 Å².